The van der Waals surface area contributed by atoms with Crippen LogP contribution in [-0.2, 0) is 19.5 Å². The number of phenolic OH excluding ortho intramolecular Hbond substituents is 1. The average Bonchev–Trinajstić information content (AvgIpc) is 2.80. The van der Waals surface area contributed by atoms with E-state index in [2.05, 4.69) is 23.7 Å². The third-order valence-corrected chi connectivity index (χ3v) is 4.22. The Morgan fingerprint density at radius 3 is 2.83 bits per heavy atom. The fraction of sp³-hybridized carbons (Fsp3) is 0.286. The predicted octanol–water partition coefficient (Wildman–Crippen LogP) is 3.96. The maximum absolute atomic E-state index is 9.73. The summed E-state index contributed by atoms with van der Waals surface area (Å²) in [5, 5.41) is 15.8. The molecule has 2 nitrogen and oxygen atoms in total. The minimum atomic E-state index is 0.247. The number of aryl methyl sites for hydroxylation is 1. The van der Waals surface area contributed by atoms with Crippen LogP contribution in [0.3, 0.4) is 0 Å². The molecule has 2 aromatic rings. The fourth-order valence-electron chi connectivity index (χ4n) is 1.86. The SMILES string of the molecule is CCc1ccsc1CNCc1c(O)cccc1Cl. The molecule has 0 aliphatic heterocycles. The van der Waals surface area contributed by atoms with Gasteiger partial charge in [0.25, 0.3) is 0 Å². The predicted molar refractivity (Wildman–Crippen MR) is 77.4 cm³/mol. The molecule has 0 amide bonds. The zero-order valence-corrected chi connectivity index (χ0v) is 11.8. The summed E-state index contributed by atoms with van der Waals surface area (Å²) in [5.74, 6) is 0.247. The maximum Gasteiger partial charge on any atom is 0.121 e. The molecule has 0 bridgehead atoms. The molecule has 0 saturated carbocycles. The van der Waals surface area contributed by atoms with Crippen LogP contribution in [0.1, 0.15) is 22.9 Å². The first-order chi connectivity index (χ1) is 8.72. The first-order valence-electron chi connectivity index (χ1n) is 5.94. The summed E-state index contributed by atoms with van der Waals surface area (Å²) < 4.78 is 0. The third-order valence-electron chi connectivity index (χ3n) is 2.90. The molecule has 0 spiro atoms. The lowest BCUT2D eigenvalue weighted by Gasteiger charge is -2.08. The minimum Gasteiger partial charge on any atom is -0.508 e. The van der Waals surface area contributed by atoms with E-state index in [1.807, 2.05) is 0 Å². The van der Waals surface area contributed by atoms with Crippen molar-refractivity contribution < 1.29 is 5.11 Å². The lowest BCUT2D eigenvalue weighted by Crippen LogP contribution is -2.13. The van der Waals surface area contributed by atoms with E-state index in [1.54, 1.807) is 29.5 Å². The zero-order chi connectivity index (χ0) is 13.0. The second kappa shape index (κ2) is 6.23. The van der Waals surface area contributed by atoms with Crippen LogP contribution in [0.15, 0.2) is 29.6 Å². The highest BCUT2D eigenvalue weighted by atomic mass is 35.5. The van der Waals surface area contributed by atoms with Gasteiger partial charge in [0.1, 0.15) is 5.75 Å². The van der Waals surface area contributed by atoms with E-state index in [1.165, 1.54) is 10.4 Å². The summed E-state index contributed by atoms with van der Waals surface area (Å²) >= 11 is 7.81. The van der Waals surface area contributed by atoms with Gasteiger partial charge in [0, 0.05) is 28.6 Å². The molecular formula is C14H16ClNOS. The Kier molecular flexibility index (Phi) is 4.64. The van der Waals surface area contributed by atoms with Crippen LogP contribution in [0.4, 0.5) is 0 Å². The van der Waals surface area contributed by atoms with Crippen LogP contribution in [0.2, 0.25) is 5.02 Å². The van der Waals surface area contributed by atoms with E-state index in [-0.39, 0.29) is 5.75 Å². The van der Waals surface area contributed by atoms with Crippen LogP contribution in [0.25, 0.3) is 0 Å². The van der Waals surface area contributed by atoms with Crippen molar-refractivity contribution in [3.63, 3.8) is 0 Å². The summed E-state index contributed by atoms with van der Waals surface area (Å²) in [6, 6.07) is 7.36. The number of hydrogen-bond donors (Lipinski definition) is 2. The van der Waals surface area contributed by atoms with Gasteiger partial charge in [-0.3, -0.25) is 0 Å². The first-order valence-corrected chi connectivity index (χ1v) is 7.20. The molecule has 0 radical (unpaired) electrons. The lowest BCUT2D eigenvalue weighted by molar-refractivity contribution is 0.464. The van der Waals surface area contributed by atoms with Gasteiger partial charge >= 0.3 is 0 Å². The normalized spacial score (nSPS) is 10.8. The molecule has 2 N–H and O–H groups in total. The largest absolute Gasteiger partial charge is 0.508 e. The molecule has 18 heavy (non-hydrogen) atoms. The van der Waals surface area contributed by atoms with Gasteiger partial charge in [-0.1, -0.05) is 24.6 Å². The van der Waals surface area contributed by atoms with Gasteiger partial charge < -0.3 is 10.4 Å². The van der Waals surface area contributed by atoms with Gasteiger partial charge in [-0.25, -0.2) is 0 Å². The molecule has 96 valence electrons. The van der Waals surface area contributed by atoms with Crippen LogP contribution >= 0.6 is 22.9 Å². The molecule has 0 saturated heterocycles. The van der Waals surface area contributed by atoms with Gasteiger partial charge in [0.15, 0.2) is 0 Å². The number of phenols is 1. The number of thiophene rings is 1. The molecule has 0 aliphatic carbocycles. The standard InChI is InChI=1S/C14H16ClNOS/c1-2-10-6-7-18-14(10)9-16-8-11-12(15)4-3-5-13(11)17/h3-7,16-17H,2,8-9H2,1H3. The smallest absolute Gasteiger partial charge is 0.121 e. The van der Waals surface area contributed by atoms with Crippen LogP contribution < -0.4 is 5.32 Å². The number of halogens is 1. The fourth-order valence-corrected chi connectivity index (χ4v) is 3.04. The van der Waals surface area contributed by atoms with E-state index in [9.17, 15) is 5.11 Å². The molecule has 0 unspecified atom stereocenters. The zero-order valence-electron chi connectivity index (χ0n) is 10.2. The summed E-state index contributed by atoms with van der Waals surface area (Å²) in [7, 11) is 0. The Hall–Kier alpha value is -1.03. The third kappa shape index (κ3) is 3.05. The molecule has 0 fully saturated rings. The molecule has 1 aromatic carbocycles. The maximum atomic E-state index is 9.73. The van der Waals surface area contributed by atoms with Gasteiger partial charge in [0.2, 0.25) is 0 Å². The lowest BCUT2D eigenvalue weighted by atomic mass is 10.2. The Balaban J connectivity index is 1.97. The summed E-state index contributed by atoms with van der Waals surface area (Å²) in [5.41, 5.74) is 2.14. The van der Waals surface area contributed by atoms with Crippen LogP contribution in [-0.4, -0.2) is 5.11 Å². The van der Waals surface area contributed by atoms with Crippen molar-refractivity contribution in [1.82, 2.24) is 5.32 Å². The van der Waals surface area contributed by atoms with Gasteiger partial charge in [-0.05, 0) is 35.6 Å². The number of rotatable bonds is 5. The van der Waals surface area contributed by atoms with Gasteiger partial charge in [-0.15, -0.1) is 11.3 Å². The number of hydrogen-bond acceptors (Lipinski definition) is 3. The second-order valence-electron chi connectivity index (χ2n) is 4.06. The van der Waals surface area contributed by atoms with Crippen molar-refractivity contribution in [1.29, 1.82) is 0 Å². The monoisotopic (exact) mass is 281 g/mol. The molecular weight excluding hydrogens is 266 g/mol. The average molecular weight is 282 g/mol. The topological polar surface area (TPSA) is 32.3 Å². The molecule has 1 heterocycles. The quantitative estimate of drug-likeness (QED) is 0.869. The van der Waals surface area contributed by atoms with Crippen molar-refractivity contribution >= 4 is 22.9 Å². The van der Waals surface area contributed by atoms with Crippen molar-refractivity contribution in [2.75, 3.05) is 0 Å². The van der Waals surface area contributed by atoms with Gasteiger partial charge in [0.05, 0.1) is 0 Å². The van der Waals surface area contributed by atoms with Gasteiger partial charge in [-0.2, -0.15) is 0 Å². The number of benzene rings is 1. The minimum absolute atomic E-state index is 0.247. The Morgan fingerprint density at radius 2 is 2.11 bits per heavy atom. The van der Waals surface area contributed by atoms with Crippen molar-refractivity contribution in [3.8, 4) is 5.75 Å². The summed E-state index contributed by atoms with van der Waals surface area (Å²) in [6.45, 7) is 3.55. The molecule has 0 atom stereocenters. The Morgan fingerprint density at radius 1 is 1.28 bits per heavy atom. The Bertz CT molecular complexity index is 504. The molecule has 1 aromatic heterocycles. The van der Waals surface area contributed by atoms with Crippen molar-refractivity contribution in [2.24, 2.45) is 0 Å². The van der Waals surface area contributed by atoms with E-state index in [4.69, 9.17) is 11.6 Å². The molecule has 2 rings (SSSR count). The van der Waals surface area contributed by atoms with E-state index in [0.717, 1.165) is 18.5 Å². The van der Waals surface area contributed by atoms with Crippen LogP contribution in [0, 0.1) is 0 Å². The van der Waals surface area contributed by atoms with Crippen molar-refractivity contribution in [3.05, 3.63) is 50.7 Å². The highest BCUT2D eigenvalue weighted by Crippen LogP contribution is 2.25. The van der Waals surface area contributed by atoms with E-state index in [0.29, 0.717) is 11.6 Å². The second-order valence-corrected chi connectivity index (χ2v) is 5.47. The highest BCUT2D eigenvalue weighted by Gasteiger charge is 2.06. The first kappa shape index (κ1) is 13.4. The van der Waals surface area contributed by atoms with E-state index < -0.39 is 0 Å². The number of aromatic hydroxyl groups is 1. The summed E-state index contributed by atoms with van der Waals surface area (Å²) in [6.07, 6.45) is 1.05. The molecule has 4 heteroatoms. The van der Waals surface area contributed by atoms with E-state index >= 15 is 0 Å². The highest BCUT2D eigenvalue weighted by molar-refractivity contribution is 7.10. The Labute approximate surface area is 116 Å². The van der Waals surface area contributed by atoms with Crippen molar-refractivity contribution in [2.45, 2.75) is 26.4 Å². The molecule has 0 aliphatic rings. The number of nitrogens with one attached hydrogen (secondary N) is 1. The van der Waals surface area contributed by atoms with Crippen LogP contribution in [0.5, 0.6) is 5.75 Å². The summed E-state index contributed by atoms with van der Waals surface area (Å²) in [4.78, 5) is 1.35.